The minimum absolute atomic E-state index is 0.795. The molecule has 110 valence electrons. The Bertz CT molecular complexity index is 838. The van der Waals surface area contributed by atoms with E-state index >= 15 is 0 Å². The molecule has 4 nitrogen and oxygen atoms in total. The number of hydrogen-bond acceptors (Lipinski definition) is 2. The second kappa shape index (κ2) is 5.48. The summed E-state index contributed by atoms with van der Waals surface area (Å²) >= 11 is 5.44. The number of aryl methyl sites for hydroxylation is 5. The lowest BCUT2D eigenvalue weighted by Crippen LogP contribution is -2.07. The number of rotatable bonds is 4. The van der Waals surface area contributed by atoms with E-state index < -0.39 is 0 Å². The molecule has 0 aliphatic heterocycles. The highest BCUT2D eigenvalue weighted by atomic mass is 32.1. The van der Waals surface area contributed by atoms with Gasteiger partial charge in [-0.2, -0.15) is 5.10 Å². The predicted molar refractivity (Wildman–Crippen MR) is 88.2 cm³/mol. The molecule has 0 atom stereocenters. The Morgan fingerprint density at radius 2 is 1.95 bits per heavy atom. The van der Waals surface area contributed by atoms with E-state index in [4.69, 9.17) is 12.2 Å². The van der Waals surface area contributed by atoms with Crippen LogP contribution >= 0.6 is 12.2 Å². The molecule has 3 aromatic rings. The zero-order valence-electron chi connectivity index (χ0n) is 12.7. The van der Waals surface area contributed by atoms with Gasteiger partial charge in [0.05, 0.1) is 16.7 Å². The number of nitrogens with one attached hydrogen (secondary N) is 1. The van der Waals surface area contributed by atoms with Crippen LogP contribution in [-0.2, 0) is 13.1 Å². The highest BCUT2D eigenvalue weighted by molar-refractivity contribution is 7.71. The van der Waals surface area contributed by atoms with Gasteiger partial charge in [0.15, 0.2) is 4.77 Å². The van der Waals surface area contributed by atoms with E-state index in [1.165, 1.54) is 16.8 Å². The lowest BCUT2D eigenvalue weighted by Gasteiger charge is -2.07. The second-order valence-electron chi connectivity index (χ2n) is 5.61. The third-order valence-electron chi connectivity index (χ3n) is 3.78. The average Bonchev–Trinajstić information content (AvgIpc) is 2.89. The second-order valence-corrected chi connectivity index (χ2v) is 5.99. The van der Waals surface area contributed by atoms with Crippen LogP contribution in [-0.4, -0.2) is 19.3 Å². The van der Waals surface area contributed by atoms with Crippen LogP contribution in [0.4, 0.5) is 0 Å². The van der Waals surface area contributed by atoms with E-state index in [0.29, 0.717) is 0 Å². The third kappa shape index (κ3) is 2.78. The maximum Gasteiger partial charge on any atom is 0.178 e. The molecule has 0 bridgehead atoms. The highest BCUT2D eigenvalue weighted by Gasteiger charge is 2.05. The first-order valence-electron chi connectivity index (χ1n) is 7.25. The molecule has 3 rings (SSSR count). The van der Waals surface area contributed by atoms with Crippen LogP contribution in [0.1, 0.15) is 23.4 Å². The quantitative estimate of drug-likeness (QED) is 0.742. The zero-order valence-corrected chi connectivity index (χ0v) is 13.5. The Morgan fingerprint density at radius 1 is 1.14 bits per heavy atom. The summed E-state index contributed by atoms with van der Waals surface area (Å²) in [6.45, 7) is 8.04. The minimum atomic E-state index is 0.795. The summed E-state index contributed by atoms with van der Waals surface area (Å²) in [7, 11) is 0. The van der Waals surface area contributed by atoms with Crippen molar-refractivity contribution in [3.8, 4) is 0 Å². The highest BCUT2D eigenvalue weighted by Crippen LogP contribution is 2.16. The Kier molecular flexibility index (Phi) is 3.68. The van der Waals surface area contributed by atoms with E-state index in [1.807, 2.05) is 6.92 Å². The largest absolute Gasteiger partial charge is 0.331 e. The Balaban J connectivity index is 1.78. The summed E-state index contributed by atoms with van der Waals surface area (Å²) in [5, 5.41) is 4.50. The van der Waals surface area contributed by atoms with Gasteiger partial charge in [0, 0.05) is 18.8 Å². The maximum absolute atomic E-state index is 5.44. The first-order valence-corrected chi connectivity index (χ1v) is 7.65. The molecule has 0 unspecified atom stereocenters. The SMILES string of the molecule is Cc1ccc2c(c1)[nH]c(=S)n2CCCn1nc(C)cc1C. The maximum atomic E-state index is 5.44. The fourth-order valence-corrected chi connectivity index (χ4v) is 3.08. The molecule has 2 heterocycles. The van der Waals surface area contributed by atoms with Gasteiger partial charge >= 0.3 is 0 Å². The van der Waals surface area contributed by atoms with Crippen molar-refractivity contribution < 1.29 is 0 Å². The van der Waals surface area contributed by atoms with E-state index in [-0.39, 0.29) is 0 Å². The third-order valence-corrected chi connectivity index (χ3v) is 4.11. The summed E-state index contributed by atoms with van der Waals surface area (Å²) in [6, 6.07) is 8.52. The molecule has 1 N–H and O–H groups in total. The number of hydrogen-bond donors (Lipinski definition) is 1. The lowest BCUT2D eigenvalue weighted by atomic mass is 10.2. The monoisotopic (exact) mass is 300 g/mol. The van der Waals surface area contributed by atoms with Crippen molar-refractivity contribution >= 4 is 23.3 Å². The number of aromatic amines is 1. The van der Waals surface area contributed by atoms with Crippen LogP contribution < -0.4 is 0 Å². The zero-order chi connectivity index (χ0) is 15.0. The molecular weight excluding hydrogens is 280 g/mol. The molecule has 0 fully saturated rings. The van der Waals surface area contributed by atoms with Crippen LogP contribution in [0.25, 0.3) is 11.0 Å². The van der Waals surface area contributed by atoms with Crippen LogP contribution in [0.15, 0.2) is 24.3 Å². The summed E-state index contributed by atoms with van der Waals surface area (Å²) in [5.74, 6) is 0. The van der Waals surface area contributed by atoms with Gasteiger partial charge in [-0.05, 0) is 63.2 Å². The van der Waals surface area contributed by atoms with E-state index in [0.717, 1.165) is 35.5 Å². The Morgan fingerprint density at radius 3 is 2.67 bits per heavy atom. The molecule has 0 aliphatic rings. The van der Waals surface area contributed by atoms with E-state index in [9.17, 15) is 0 Å². The molecule has 0 saturated heterocycles. The van der Waals surface area contributed by atoms with Crippen molar-refractivity contribution in [2.75, 3.05) is 0 Å². The standard InChI is InChI=1S/C16H20N4S/c1-11-5-6-15-14(9-11)17-16(21)19(15)7-4-8-20-13(3)10-12(2)18-20/h5-6,9-10H,4,7-8H2,1-3H3,(H,17,21). The summed E-state index contributed by atoms with van der Waals surface area (Å²) in [5.41, 5.74) is 5.83. The fraction of sp³-hybridized carbons (Fsp3) is 0.375. The smallest absolute Gasteiger partial charge is 0.178 e. The minimum Gasteiger partial charge on any atom is -0.331 e. The molecular formula is C16H20N4S. The number of nitrogens with zero attached hydrogens (tertiary/aromatic N) is 3. The van der Waals surface area contributed by atoms with Gasteiger partial charge in [-0.25, -0.2) is 0 Å². The number of imidazole rings is 1. The summed E-state index contributed by atoms with van der Waals surface area (Å²) in [6.07, 6.45) is 1.01. The van der Waals surface area contributed by atoms with Crippen LogP contribution in [0, 0.1) is 25.5 Å². The van der Waals surface area contributed by atoms with Gasteiger partial charge in [-0.1, -0.05) is 6.07 Å². The van der Waals surface area contributed by atoms with Crippen molar-refractivity contribution in [2.45, 2.75) is 40.3 Å². The van der Waals surface area contributed by atoms with Crippen molar-refractivity contribution in [3.63, 3.8) is 0 Å². The van der Waals surface area contributed by atoms with Gasteiger partial charge in [-0.15, -0.1) is 0 Å². The predicted octanol–water partition coefficient (Wildman–Crippen LogP) is 3.91. The van der Waals surface area contributed by atoms with Gasteiger partial charge in [-0.3, -0.25) is 4.68 Å². The molecule has 2 aromatic heterocycles. The normalized spacial score (nSPS) is 11.4. The number of fused-ring (bicyclic) bond motifs is 1. The van der Waals surface area contributed by atoms with Crippen LogP contribution in [0.5, 0.6) is 0 Å². The first-order chi connectivity index (χ1) is 10.0. The summed E-state index contributed by atoms with van der Waals surface area (Å²) < 4.78 is 5.04. The van der Waals surface area contributed by atoms with Crippen molar-refractivity contribution in [1.82, 2.24) is 19.3 Å². The van der Waals surface area contributed by atoms with E-state index in [2.05, 4.69) is 57.4 Å². The topological polar surface area (TPSA) is 38.5 Å². The Labute approximate surface area is 129 Å². The Hall–Kier alpha value is -1.88. The molecule has 21 heavy (non-hydrogen) atoms. The number of H-pyrrole nitrogens is 1. The van der Waals surface area contributed by atoms with Crippen LogP contribution in [0.3, 0.4) is 0 Å². The van der Waals surface area contributed by atoms with Gasteiger partial charge in [0.1, 0.15) is 0 Å². The number of benzene rings is 1. The average molecular weight is 300 g/mol. The molecule has 0 radical (unpaired) electrons. The van der Waals surface area contributed by atoms with Gasteiger partial charge in [0.2, 0.25) is 0 Å². The van der Waals surface area contributed by atoms with Crippen molar-refractivity contribution in [2.24, 2.45) is 0 Å². The van der Waals surface area contributed by atoms with Gasteiger partial charge in [0.25, 0.3) is 0 Å². The van der Waals surface area contributed by atoms with Crippen molar-refractivity contribution in [3.05, 3.63) is 46.0 Å². The molecule has 0 saturated carbocycles. The first kappa shape index (κ1) is 14.1. The molecule has 0 aliphatic carbocycles. The van der Waals surface area contributed by atoms with Gasteiger partial charge < -0.3 is 9.55 Å². The van der Waals surface area contributed by atoms with Crippen molar-refractivity contribution in [1.29, 1.82) is 0 Å². The fourth-order valence-electron chi connectivity index (χ4n) is 2.78. The molecule has 0 spiro atoms. The number of aromatic nitrogens is 4. The molecule has 5 heteroatoms. The molecule has 0 amide bonds. The summed E-state index contributed by atoms with van der Waals surface area (Å²) in [4.78, 5) is 3.29. The van der Waals surface area contributed by atoms with E-state index in [1.54, 1.807) is 0 Å². The van der Waals surface area contributed by atoms with Crippen LogP contribution in [0.2, 0.25) is 0 Å². The lowest BCUT2D eigenvalue weighted by molar-refractivity contribution is 0.519. The molecule has 1 aromatic carbocycles.